The molecule has 2 heterocycles. The van der Waals surface area contributed by atoms with Gasteiger partial charge in [0.1, 0.15) is 11.6 Å². The van der Waals surface area contributed by atoms with Crippen LogP contribution in [0.5, 0.6) is 5.75 Å². The minimum Gasteiger partial charge on any atom is -0.481 e. The molecule has 1 aliphatic rings. The third-order valence-electron chi connectivity index (χ3n) is 6.38. The number of esters is 1. The number of hydrogen-bond donors (Lipinski definition) is 0. The molecule has 0 aliphatic carbocycles. The van der Waals surface area contributed by atoms with Gasteiger partial charge < -0.3 is 14.4 Å². The van der Waals surface area contributed by atoms with Crippen LogP contribution in [0.15, 0.2) is 42.5 Å². The Balaban J connectivity index is 1.50. The molecule has 3 aromatic rings. The fourth-order valence-electron chi connectivity index (χ4n) is 4.74. The van der Waals surface area contributed by atoms with Crippen LogP contribution in [0, 0.1) is 18.7 Å². The molecular formula is C28H30ClFN2O4. The molecule has 4 rings (SSSR count). The van der Waals surface area contributed by atoms with E-state index in [0.29, 0.717) is 48.0 Å². The smallest absolute Gasteiger partial charge is 0.306 e. The number of aromatic nitrogens is 1. The summed E-state index contributed by atoms with van der Waals surface area (Å²) in [6, 6.07) is 11.7. The van der Waals surface area contributed by atoms with E-state index in [-0.39, 0.29) is 17.8 Å². The molecular weight excluding hydrogens is 483 g/mol. The zero-order valence-electron chi connectivity index (χ0n) is 20.7. The van der Waals surface area contributed by atoms with Crippen molar-refractivity contribution in [3.63, 3.8) is 0 Å². The lowest BCUT2D eigenvalue weighted by Gasteiger charge is -2.34. The van der Waals surface area contributed by atoms with Crippen LogP contribution < -0.4 is 4.74 Å². The largest absolute Gasteiger partial charge is 0.481 e. The molecule has 0 saturated carbocycles. The number of rotatable bonds is 7. The van der Waals surface area contributed by atoms with E-state index in [4.69, 9.17) is 21.1 Å². The molecule has 2 aromatic carbocycles. The molecule has 1 aromatic heterocycles. The second kappa shape index (κ2) is 11.2. The standard InChI is InChI=1S/C28H30ClFN2O4/c1-4-35-27(33)13-19-6-5-11-32(16-19)28(34)18(3)36-21-8-10-23-24(12-17(2)31-26(23)15-21)22-9-7-20(30)14-25(22)29/h7-10,12,14-15,18-19H,4-6,11,13,16H2,1-3H3/t18-,19-/m1/s1. The number of hydrogen-bond acceptors (Lipinski definition) is 5. The van der Waals surface area contributed by atoms with Gasteiger partial charge in [-0.15, -0.1) is 0 Å². The molecule has 0 N–H and O–H groups in total. The molecule has 6 nitrogen and oxygen atoms in total. The van der Waals surface area contributed by atoms with Crippen LogP contribution in [0.4, 0.5) is 4.39 Å². The van der Waals surface area contributed by atoms with Crippen LogP contribution in [-0.2, 0) is 14.3 Å². The number of likely N-dealkylation sites (tertiary alicyclic amines) is 1. The fraction of sp³-hybridized carbons (Fsp3) is 0.393. The molecule has 1 fully saturated rings. The van der Waals surface area contributed by atoms with Gasteiger partial charge in [0.15, 0.2) is 6.10 Å². The van der Waals surface area contributed by atoms with Gasteiger partial charge in [-0.2, -0.15) is 0 Å². The van der Waals surface area contributed by atoms with Gasteiger partial charge in [-0.3, -0.25) is 14.6 Å². The van der Waals surface area contributed by atoms with Gasteiger partial charge in [0.05, 0.1) is 23.6 Å². The molecule has 1 aliphatic heterocycles. The van der Waals surface area contributed by atoms with Crippen molar-refractivity contribution in [2.24, 2.45) is 5.92 Å². The summed E-state index contributed by atoms with van der Waals surface area (Å²) in [5.74, 6) is -0.105. The van der Waals surface area contributed by atoms with Gasteiger partial charge in [-0.1, -0.05) is 11.6 Å². The number of aryl methyl sites for hydroxylation is 1. The summed E-state index contributed by atoms with van der Waals surface area (Å²) in [5, 5.41) is 1.17. The number of benzene rings is 2. The molecule has 36 heavy (non-hydrogen) atoms. The summed E-state index contributed by atoms with van der Waals surface area (Å²) in [7, 11) is 0. The molecule has 0 spiro atoms. The number of carbonyl (C=O) groups is 2. The number of ether oxygens (including phenoxy) is 2. The van der Waals surface area contributed by atoms with E-state index in [2.05, 4.69) is 4.98 Å². The van der Waals surface area contributed by atoms with Crippen molar-refractivity contribution < 1.29 is 23.5 Å². The monoisotopic (exact) mass is 512 g/mol. The topological polar surface area (TPSA) is 68.7 Å². The minimum atomic E-state index is -0.695. The first-order valence-electron chi connectivity index (χ1n) is 12.2. The predicted molar refractivity (Wildman–Crippen MR) is 138 cm³/mol. The van der Waals surface area contributed by atoms with Crippen molar-refractivity contribution in [1.29, 1.82) is 0 Å². The van der Waals surface area contributed by atoms with Gasteiger partial charge in [-0.25, -0.2) is 4.39 Å². The van der Waals surface area contributed by atoms with Crippen molar-refractivity contribution in [1.82, 2.24) is 9.88 Å². The Labute approximate surface area is 215 Å². The van der Waals surface area contributed by atoms with Crippen LogP contribution in [0.1, 0.15) is 38.8 Å². The Morgan fingerprint density at radius 3 is 2.75 bits per heavy atom. The number of carbonyl (C=O) groups excluding carboxylic acids is 2. The number of fused-ring (bicyclic) bond motifs is 1. The van der Waals surface area contributed by atoms with E-state index in [0.717, 1.165) is 29.5 Å². The molecule has 190 valence electrons. The van der Waals surface area contributed by atoms with Crippen LogP contribution in [-0.4, -0.2) is 47.6 Å². The van der Waals surface area contributed by atoms with Crippen LogP contribution in [0.2, 0.25) is 5.02 Å². The van der Waals surface area contributed by atoms with Gasteiger partial charge >= 0.3 is 5.97 Å². The van der Waals surface area contributed by atoms with Crippen molar-refractivity contribution in [3.8, 4) is 16.9 Å². The maximum atomic E-state index is 13.6. The first-order chi connectivity index (χ1) is 17.2. The third kappa shape index (κ3) is 5.95. The number of halogens is 2. The quantitative estimate of drug-likeness (QED) is 0.365. The van der Waals surface area contributed by atoms with Gasteiger partial charge in [0.25, 0.3) is 5.91 Å². The molecule has 1 amide bonds. The second-order valence-electron chi connectivity index (χ2n) is 9.18. The predicted octanol–water partition coefficient (Wildman–Crippen LogP) is 5.96. The number of nitrogens with zero attached hydrogens (tertiary/aromatic N) is 2. The van der Waals surface area contributed by atoms with E-state index < -0.39 is 11.9 Å². The Bertz CT molecular complexity index is 1280. The summed E-state index contributed by atoms with van der Waals surface area (Å²) >= 11 is 6.33. The highest BCUT2D eigenvalue weighted by atomic mass is 35.5. The molecule has 0 radical (unpaired) electrons. The summed E-state index contributed by atoms with van der Waals surface area (Å²) in [6.07, 6.45) is 1.37. The van der Waals surface area contributed by atoms with Crippen LogP contribution >= 0.6 is 11.6 Å². The zero-order chi connectivity index (χ0) is 25.8. The third-order valence-corrected chi connectivity index (χ3v) is 6.70. The second-order valence-corrected chi connectivity index (χ2v) is 9.58. The first kappa shape index (κ1) is 25.9. The van der Waals surface area contributed by atoms with E-state index >= 15 is 0 Å². The van der Waals surface area contributed by atoms with Crippen molar-refractivity contribution >= 4 is 34.4 Å². The summed E-state index contributed by atoms with van der Waals surface area (Å²) in [4.78, 5) is 31.4. The van der Waals surface area contributed by atoms with Crippen LogP contribution in [0.3, 0.4) is 0 Å². The highest BCUT2D eigenvalue weighted by Gasteiger charge is 2.29. The highest BCUT2D eigenvalue weighted by molar-refractivity contribution is 6.33. The van der Waals surface area contributed by atoms with Crippen molar-refractivity contribution in [2.75, 3.05) is 19.7 Å². The molecule has 0 bridgehead atoms. The van der Waals surface area contributed by atoms with Gasteiger partial charge in [-0.05, 0) is 81.5 Å². The van der Waals surface area contributed by atoms with Gasteiger partial charge in [0.2, 0.25) is 0 Å². The number of amides is 1. The van der Waals surface area contributed by atoms with Crippen molar-refractivity contribution in [3.05, 3.63) is 59.0 Å². The minimum absolute atomic E-state index is 0.0958. The maximum absolute atomic E-state index is 13.6. The Hall–Kier alpha value is -3.19. The normalized spacial score (nSPS) is 16.6. The van der Waals surface area contributed by atoms with E-state index in [1.165, 1.54) is 12.1 Å². The summed E-state index contributed by atoms with van der Waals surface area (Å²) < 4.78 is 24.7. The average Bonchev–Trinajstić information content (AvgIpc) is 2.83. The average molecular weight is 513 g/mol. The number of pyridine rings is 1. The Kier molecular flexibility index (Phi) is 8.09. The molecule has 0 unspecified atom stereocenters. The van der Waals surface area contributed by atoms with E-state index in [1.807, 2.05) is 19.1 Å². The lowest BCUT2D eigenvalue weighted by Crippen LogP contribution is -2.46. The zero-order valence-corrected chi connectivity index (χ0v) is 21.5. The maximum Gasteiger partial charge on any atom is 0.306 e. The summed E-state index contributed by atoms with van der Waals surface area (Å²) in [5.41, 5.74) is 3.03. The van der Waals surface area contributed by atoms with Crippen molar-refractivity contribution in [2.45, 2.75) is 46.1 Å². The molecule has 1 saturated heterocycles. The Morgan fingerprint density at radius 2 is 2.00 bits per heavy atom. The molecule has 2 atom stereocenters. The Morgan fingerprint density at radius 1 is 1.19 bits per heavy atom. The van der Waals surface area contributed by atoms with Crippen LogP contribution in [0.25, 0.3) is 22.0 Å². The lowest BCUT2D eigenvalue weighted by atomic mass is 9.94. The van der Waals surface area contributed by atoms with Gasteiger partial charge in [0, 0.05) is 35.8 Å². The summed E-state index contributed by atoms with van der Waals surface area (Å²) in [6.45, 7) is 6.92. The lowest BCUT2D eigenvalue weighted by molar-refractivity contribution is -0.147. The fourth-order valence-corrected chi connectivity index (χ4v) is 5.01. The number of piperidine rings is 1. The van der Waals surface area contributed by atoms with E-state index in [1.54, 1.807) is 36.9 Å². The highest BCUT2D eigenvalue weighted by Crippen LogP contribution is 2.35. The SMILES string of the molecule is CCOC(=O)C[C@H]1CCCN(C(=O)[C@@H](C)Oc2ccc3c(-c4ccc(F)cc4Cl)cc(C)nc3c2)C1. The molecule has 8 heteroatoms. The first-order valence-corrected chi connectivity index (χ1v) is 12.6. The van der Waals surface area contributed by atoms with E-state index in [9.17, 15) is 14.0 Å².